The molecule has 0 aliphatic rings. The lowest BCUT2D eigenvalue weighted by Gasteiger charge is -2.37. The number of nitrogens with zero attached hydrogens (tertiary/aromatic N) is 6. The second-order valence-corrected chi connectivity index (χ2v) is 25.9. The van der Waals surface area contributed by atoms with Crippen LogP contribution < -0.4 is 5.46 Å². The highest BCUT2D eigenvalue weighted by Gasteiger charge is 2.36. The maximum Gasteiger partial charge on any atom is 0.330 e. The third kappa shape index (κ3) is 12.3. The van der Waals surface area contributed by atoms with Crippen LogP contribution in [-0.4, -0.2) is 53.7 Å². The molecule has 0 aliphatic heterocycles. The Morgan fingerprint density at radius 1 is 0.326 bits per heavy atom. The van der Waals surface area contributed by atoms with E-state index in [0.717, 1.165) is 54.8 Å². The molecule has 0 saturated heterocycles. The minimum atomic E-state index is -0.996. The molecule has 1 N–H and O–H groups in total. The average molecular weight is 1250 g/mol. The molecule has 16 aromatic rings. The Morgan fingerprint density at radius 3 is 1.14 bits per heavy atom. The monoisotopic (exact) mass is 1250 g/mol. The lowest BCUT2D eigenvalue weighted by atomic mass is 9.82. The lowest BCUT2D eigenvalue weighted by Crippen LogP contribution is -2.49. The molecule has 0 unspecified atom stereocenters. The van der Waals surface area contributed by atoms with Gasteiger partial charge in [0.2, 0.25) is 0 Å². The first kappa shape index (κ1) is 59.5. The normalized spacial score (nSPS) is 11.6. The first-order chi connectivity index (χ1) is 44.9. The summed E-state index contributed by atoms with van der Waals surface area (Å²) < 4.78 is 11.2. The summed E-state index contributed by atoms with van der Waals surface area (Å²) in [4.78, 5) is 29.0. The molecule has 0 aliphatic carbocycles. The van der Waals surface area contributed by atoms with Crippen molar-refractivity contribution in [1.29, 1.82) is 0 Å². The van der Waals surface area contributed by atoms with Gasteiger partial charge in [-0.15, -0.1) is 22.7 Å². The molecule has 0 amide bonds. The molecule has 12 heteroatoms. The van der Waals surface area contributed by atoms with Gasteiger partial charge < -0.3 is 9.76 Å². The van der Waals surface area contributed by atoms with E-state index in [1.807, 2.05) is 194 Å². The van der Waals surface area contributed by atoms with Crippen LogP contribution in [-0.2, 0) is 4.65 Å². The summed E-state index contributed by atoms with van der Waals surface area (Å²) in [5, 5.41) is 21.4. The van der Waals surface area contributed by atoms with Gasteiger partial charge in [0.25, 0.3) is 0 Å². The quantitative estimate of drug-likeness (QED) is 0.128. The molecule has 16 rings (SSSR count). The maximum absolute atomic E-state index is 10.4. The zero-order valence-corrected chi connectivity index (χ0v) is 53.3. The van der Waals surface area contributed by atoms with Crippen molar-refractivity contribution in [3.8, 4) is 79.5 Å². The van der Waals surface area contributed by atoms with Crippen LogP contribution in [0, 0.1) is 0 Å². The van der Waals surface area contributed by atoms with Gasteiger partial charge in [-0.3, -0.25) is 0 Å². The van der Waals surface area contributed by atoms with Gasteiger partial charge in [-0.2, -0.15) is 0 Å². The van der Waals surface area contributed by atoms with Crippen LogP contribution in [0.5, 0.6) is 0 Å². The minimum Gasteiger partial charge on any atom is -0.427 e. The third-order valence-electron chi connectivity index (χ3n) is 16.7. The van der Waals surface area contributed by atoms with Crippen LogP contribution >= 0.6 is 34.3 Å². The molecule has 0 fully saturated rings. The molecule has 4 aromatic heterocycles. The molecular weight excluding hydrogens is 1190 g/mol. The molecule has 12 aromatic carbocycles. The first-order valence-corrected chi connectivity index (χ1v) is 32.4. The SMILES string of the molecule is CC(C)(O)C(C)(C)O[B]c1cccc(-c2nc(-c3ccccc3)nc(-c3ccccc3)n2)c1.Clc1cccc2c1ccc1c3ccccc3sc21.c1ccc(-c2nc(-c3ccccc3)nc(-c3cccc(-c4cccc5c4ccc4c6ccccc6sc54)c3)n2)cc1. The van der Waals surface area contributed by atoms with Crippen molar-refractivity contribution in [2.45, 2.75) is 38.9 Å². The molecule has 4 heterocycles. The predicted molar refractivity (Wildman–Crippen MR) is 387 cm³/mol. The number of aliphatic hydroxyl groups is 1. The Labute approximate surface area is 547 Å². The molecular formula is C80H59BClN6O2S2. The predicted octanol–water partition coefficient (Wildman–Crippen LogP) is 20.6. The molecule has 8 nitrogen and oxygen atoms in total. The smallest absolute Gasteiger partial charge is 0.330 e. The summed E-state index contributed by atoms with van der Waals surface area (Å²) in [5.74, 6) is 3.81. The van der Waals surface area contributed by atoms with Gasteiger partial charge in [0.15, 0.2) is 34.9 Å². The van der Waals surface area contributed by atoms with Crippen molar-refractivity contribution in [3.05, 3.63) is 284 Å². The zero-order chi connectivity index (χ0) is 62.8. The number of benzene rings is 12. The van der Waals surface area contributed by atoms with E-state index in [4.69, 9.17) is 46.2 Å². The van der Waals surface area contributed by atoms with Crippen molar-refractivity contribution in [2.75, 3.05) is 0 Å². The van der Waals surface area contributed by atoms with Crippen molar-refractivity contribution in [1.82, 2.24) is 29.9 Å². The summed E-state index contributed by atoms with van der Waals surface area (Å²) in [6.07, 6.45) is 0. The van der Waals surface area contributed by atoms with Crippen LogP contribution in [0.4, 0.5) is 0 Å². The second-order valence-electron chi connectivity index (χ2n) is 23.4. The largest absolute Gasteiger partial charge is 0.427 e. The fourth-order valence-corrected chi connectivity index (χ4v) is 13.8. The van der Waals surface area contributed by atoms with E-state index >= 15 is 0 Å². The summed E-state index contributed by atoms with van der Waals surface area (Å²) in [5.41, 5.74) is 7.03. The topological polar surface area (TPSA) is 107 Å². The number of thiophene rings is 2. The number of hydrogen-bond donors (Lipinski definition) is 1. The number of hydrogen-bond acceptors (Lipinski definition) is 10. The van der Waals surface area contributed by atoms with Crippen LogP contribution in [0.25, 0.3) is 141 Å². The Balaban J connectivity index is 0.000000128. The second kappa shape index (κ2) is 25.6. The standard InChI is InChI=1S/C37H23N3S.C27H27BN3O2.C16H9ClS/c1-3-11-24(12-4-1)35-38-36(25-13-5-2-6-14-25)40-37(39-35)27-16-9-15-26(23-27)28-18-10-19-31-29(28)21-22-32-30-17-7-8-20-33(30)41-34(31)32;1-26(2,32)27(3,4)33-28-22-17-11-16-21(18-22)25-30-23(19-12-7-5-8-13-19)29-24(31-25)20-14-9-6-10-15-20;17-14-6-3-5-12-10(14)8-9-13-11-4-1-2-7-15(11)18-16(12)13/h1-23H;5-18,32H,1-4H3;1-9H. The van der Waals surface area contributed by atoms with Crippen LogP contribution in [0.2, 0.25) is 5.02 Å². The van der Waals surface area contributed by atoms with Crippen LogP contribution in [0.15, 0.2) is 279 Å². The average Bonchev–Trinajstić information content (AvgIpc) is 1.60. The Kier molecular flexibility index (Phi) is 16.6. The van der Waals surface area contributed by atoms with Crippen LogP contribution in [0.3, 0.4) is 0 Å². The van der Waals surface area contributed by atoms with Crippen LogP contribution in [0.1, 0.15) is 27.7 Å². The molecule has 0 spiro atoms. The van der Waals surface area contributed by atoms with Gasteiger partial charge in [0.1, 0.15) is 0 Å². The highest BCUT2D eigenvalue weighted by molar-refractivity contribution is 7.27. The van der Waals surface area contributed by atoms with Gasteiger partial charge in [-0.05, 0) is 68.5 Å². The fraction of sp³-hybridized carbons (Fsp3) is 0.0750. The van der Waals surface area contributed by atoms with Crippen molar-refractivity contribution >= 4 is 109 Å². The van der Waals surface area contributed by atoms with Crippen molar-refractivity contribution in [2.24, 2.45) is 0 Å². The van der Waals surface area contributed by atoms with Gasteiger partial charge in [-0.1, -0.05) is 272 Å². The van der Waals surface area contributed by atoms with E-state index in [9.17, 15) is 5.11 Å². The minimum absolute atomic E-state index is 0.583. The molecule has 1 radical (unpaired) electrons. The fourth-order valence-electron chi connectivity index (χ4n) is 11.1. The van der Waals surface area contributed by atoms with E-state index in [1.165, 1.54) is 62.1 Å². The van der Waals surface area contributed by atoms with E-state index in [0.29, 0.717) is 34.9 Å². The summed E-state index contributed by atoms with van der Waals surface area (Å²) in [6, 6.07) is 95.1. The van der Waals surface area contributed by atoms with E-state index in [-0.39, 0.29) is 0 Å². The summed E-state index contributed by atoms with van der Waals surface area (Å²) >= 11 is 9.97. The highest BCUT2D eigenvalue weighted by atomic mass is 35.5. The molecule has 92 heavy (non-hydrogen) atoms. The number of fused-ring (bicyclic) bond motifs is 10. The van der Waals surface area contributed by atoms with Gasteiger partial charge in [0.05, 0.1) is 11.2 Å². The third-order valence-corrected chi connectivity index (χ3v) is 19.5. The summed E-state index contributed by atoms with van der Waals surface area (Å²) in [6.45, 7) is 7.19. The van der Waals surface area contributed by atoms with E-state index < -0.39 is 11.2 Å². The molecule has 443 valence electrons. The Morgan fingerprint density at radius 2 is 0.663 bits per heavy atom. The van der Waals surface area contributed by atoms with Gasteiger partial charge in [0, 0.05) is 94.9 Å². The highest BCUT2D eigenvalue weighted by Crippen LogP contribution is 2.43. The number of rotatable bonds is 11. The Bertz CT molecular complexity index is 5220. The molecule has 0 atom stereocenters. The molecule has 0 saturated carbocycles. The molecule has 0 bridgehead atoms. The van der Waals surface area contributed by atoms with E-state index in [1.54, 1.807) is 21.3 Å². The number of aromatic nitrogens is 6. The van der Waals surface area contributed by atoms with E-state index in [2.05, 4.69) is 121 Å². The van der Waals surface area contributed by atoms with Gasteiger partial charge >= 0.3 is 7.48 Å². The van der Waals surface area contributed by atoms with Crippen molar-refractivity contribution in [3.63, 3.8) is 0 Å². The van der Waals surface area contributed by atoms with Crippen molar-refractivity contribution < 1.29 is 9.76 Å². The number of halogens is 1. The lowest BCUT2D eigenvalue weighted by molar-refractivity contribution is -0.0893. The van der Waals surface area contributed by atoms with Gasteiger partial charge in [-0.25, -0.2) is 29.9 Å². The zero-order valence-electron chi connectivity index (χ0n) is 50.9. The first-order valence-electron chi connectivity index (χ1n) is 30.4. The summed E-state index contributed by atoms with van der Waals surface area (Å²) in [7, 11) is 1.67. The Hall–Kier alpha value is -10.1. The maximum atomic E-state index is 10.4.